The lowest BCUT2D eigenvalue weighted by atomic mass is 10.0. The van der Waals surface area contributed by atoms with Crippen molar-refractivity contribution in [3.8, 4) is 0 Å². The van der Waals surface area contributed by atoms with Gasteiger partial charge >= 0.3 is 0 Å². The molecule has 1 atom stereocenters. The van der Waals surface area contributed by atoms with E-state index < -0.39 is 0 Å². The molecule has 1 aromatic rings. The Morgan fingerprint density at radius 1 is 1.50 bits per heavy atom. The fourth-order valence-corrected chi connectivity index (χ4v) is 1.94. The zero-order valence-electron chi connectivity index (χ0n) is 8.46. The second-order valence-corrected chi connectivity index (χ2v) is 4.24. The number of rotatable bonds is 5. The molecular formula is C11H17BrN2. The number of benzene rings is 1. The molecule has 0 aliphatic heterocycles. The third kappa shape index (κ3) is 3.40. The Balaban J connectivity index is 2.68. The Kier molecular flexibility index (Phi) is 5.15. The molecule has 2 nitrogen and oxygen atoms in total. The van der Waals surface area contributed by atoms with Crippen molar-refractivity contribution in [1.82, 2.24) is 5.32 Å². The molecule has 3 N–H and O–H groups in total. The van der Waals surface area contributed by atoms with Crippen LogP contribution in [0.4, 0.5) is 0 Å². The number of hydrogen-bond acceptors (Lipinski definition) is 2. The highest BCUT2D eigenvalue weighted by atomic mass is 79.9. The monoisotopic (exact) mass is 256 g/mol. The number of nitrogens with one attached hydrogen (secondary N) is 1. The summed E-state index contributed by atoms with van der Waals surface area (Å²) in [4.78, 5) is 0. The maximum atomic E-state index is 5.50. The van der Waals surface area contributed by atoms with Crippen molar-refractivity contribution in [2.45, 2.75) is 18.9 Å². The highest BCUT2D eigenvalue weighted by Crippen LogP contribution is 2.21. The van der Waals surface area contributed by atoms with Crippen LogP contribution in [0.2, 0.25) is 0 Å². The summed E-state index contributed by atoms with van der Waals surface area (Å²) in [5.41, 5.74) is 6.82. The Morgan fingerprint density at radius 2 is 2.29 bits per heavy atom. The summed E-state index contributed by atoms with van der Waals surface area (Å²) in [6, 6.07) is 8.81. The van der Waals surface area contributed by atoms with Crippen molar-refractivity contribution in [2.75, 3.05) is 13.6 Å². The third-order valence-electron chi connectivity index (χ3n) is 2.30. The second-order valence-electron chi connectivity index (χ2n) is 3.33. The number of nitrogens with two attached hydrogens (primary N) is 1. The minimum absolute atomic E-state index is 0.413. The smallest absolute Gasteiger partial charge is 0.0318 e. The van der Waals surface area contributed by atoms with E-state index in [2.05, 4.69) is 39.4 Å². The van der Waals surface area contributed by atoms with E-state index in [0.29, 0.717) is 6.04 Å². The van der Waals surface area contributed by atoms with Crippen LogP contribution in [0.25, 0.3) is 0 Å². The van der Waals surface area contributed by atoms with E-state index in [9.17, 15) is 0 Å². The van der Waals surface area contributed by atoms with Gasteiger partial charge in [0.2, 0.25) is 0 Å². The standard InChI is InChI=1S/C11H17BrN2/c1-14-11(6-3-7-13)9-4-2-5-10(12)8-9/h2,4-5,8,11,14H,3,6-7,13H2,1H3. The van der Waals surface area contributed by atoms with Gasteiger partial charge in [0.25, 0.3) is 0 Å². The Hall–Kier alpha value is -0.380. The molecule has 14 heavy (non-hydrogen) atoms. The SMILES string of the molecule is CNC(CCCN)c1cccc(Br)c1. The van der Waals surface area contributed by atoms with Crippen molar-refractivity contribution < 1.29 is 0 Å². The van der Waals surface area contributed by atoms with Crippen LogP contribution >= 0.6 is 15.9 Å². The molecule has 78 valence electrons. The molecule has 0 aromatic heterocycles. The van der Waals surface area contributed by atoms with Crippen molar-refractivity contribution in [3.63, 3.8) is 0 Å². The van der Waals surface area contributed by atoms with E-state index in [-0.39, 0.29) is 0 Å². The highest BCUT2D eigenvalue weighted by molar-refractivity contribution is 9.10. The van der Waals surface area contributed by atoms with Crippen LogP contribution in [-0.2, 0) is 0 Å². The first-order chi connectivity index (χ1) is 6.77. The van der Waals surface area contributed by atoms with Gasteiger partial charge in [0.05, 0.1) is 0 Å². The summed E-state index contributed by atoms with van der Waals surface area (Å²) in [6.45, 7) is 0.756. The van der Waals surface area contributed by atoms with Gasteiger partial charge in [-0.25, -0.2) is 0 Å². The topological polar surface area (TPSA) is 38.0 Å². The molecule has 0 aliphatic rings. The van der Waals surface area contributed by atoms with E-state index in [1.165, 1.54) is 5.56 Å². The summed E-state index contributed by atoms with van der Waals surface area (Å²) in [7, 11) is 1.99. The van der Waals surface area contributed by atoms with Crippen LogP contribution in [0.1, 0.15) is 24.4 Å². The lowest BCUT2D eigenvalue weighted by Gasteiger charge is -2.16. The molecule has 0 fully saturated rings. The first-order valence-electron chi connectivity index (χ1n) is 4.90. The lowest BCUT2D eigenvalue weighted by Crippen LogP contribution is -2.17. The maximum absolute atomic E-state index is 5.50. The Bertz CT molecular complexity index is 276. The lowest BCUT2D eigenvalue weighted by molar-refractivity contribution is 0.531. The average molecular weight is 257 g/mol. The largest absolute Gasteiger partial charge is 0.330 e. The molecule has 0 bridgehead atoms. The van der Waals surface area contributed by atoms with Crippen LogP contribution in [0.5, 0.6) is 0 Å². The summed E-state index contributed by atoms with van der Waals surface area (Å²) in [5.74, 6) is 0. The van der Waals surface area contributed by atoms with Crippen molar-refractivity contribution >= 4 is 15.9 Å². The number of halogens is 1. The van der Waals surface area contributed by atoms with E-state index in [4.69, 9.17) is 5.73 Å². The fourth-order valence-electron chi connectivity index (χ4n) is 1.52. The van der Waals surface area contributed by atoms with Gasteiger partial charge in [-0.1, -0.05) is 28.1 Å². The molecule has 1 aromatic carbocycles. The van der Waals surface area contributed by atoms with Gasteiger partial charge < -0.3 is 11.1 Å². The quantitative estimate of drug-likeness (QED) is 0.850. The predicted molar refractivity (Wildman–Crippen MR) is 64.2 cm³/mol. The van der Waals surface area contributed by atoms with E-state index in [1.54, 1.807) is 0 Å². The fraction of sp³-hybridized carbons (Fsp3) is 0.455. The van der Waals surface area contributed by atoms with Gasteiger partial charge in [-0.3, -0.25) is 0 Å². The first kappa shape index (κ1) is 11.7. The van der Waals surface area contributed by atoms with Gasteiger partial charge in [0, 0.05) is 10.5 Å². The van der Waals surface area contributed by atoms with E-state index >= 15 is 0 Å². The molecule has 0 saturated carbocycles. The number of hydrogen-bond donors (Lipinski definition) is 2. The van der Waals surface area contributed by atoms with Crippen LogP contribution in [-0.4, -0.2) is 13.6 Å². The van der Waals surface area contributed by atoms with Crippen LogP contribution in [0.15, 0.2) is 28.7 Å². The Labute approximate surface area is 94.0 Å². The zero-order chi connectivity index (χ0) is 10.4. The average Bonchev–Trinajstić information content (AvgIpc) is 2.19. The van der Waals surface area contributed by atoms with Crippen LogP contribution in [0.3, 0.4) is 0 Å². The molecule has 0 spiro atoms. The van der Waals surface area contributed by atoms with Gasteiger partial charge in [0.1, 0.15) is 0 Å². The molecular weight excluding hydrogens is 240 g/mol. The summed E-state index contributed by atoms with van der Waals surface area (Å²) < 4.78 is 1.13. The summed E-state index contributed by atoms with van der Waals surface area (Å²) in [6.07, 6.45) is 2.14. The van der Waals surface area contributed by atoms with Crippen LogP contribution in [0, 0.1) is 0 Å². The van der Waals surface area contributed by atoms with Gasteiger partial charge in [0.15, 0.2) is 0 Å². The van der Waals surface area contributed by atoms with Crippen LogP contribution < -0.4 is 11.1 Å². The molecule has 0 saturated heterocycles. The van der Waals surface area contributed by atoms with Gasteiger partial charge in [-0.2, -0.15) is 0 Å². The normalized spacial score (nSPS) is 12.8. The summed E-state index contributed by atoms with van der Waals surface area (Å²) >= 11 is 3.48. The van der Waals surface area contributed by atoms with Gasteiger partial charge in [-0.05, 0) is 44.1 Å². The minimum atomic E-state index is 0.413. The summed E-state index contributed by atoms with van der Waals surface area (Å²) in [5, 5.41) is 3.30. The maximum Gasteiger partial charge on any atom is 0.0318 e. The van der Waals surface area contributed by atoms with Gasteiger partial charge in [-0.15, -0.1) is 0 Å². The van der Waals surface area contributed by atoms with Crippen molar-refractivity contribution in [3.05, 3.63) is 34.3 Å². The zero-order valence-corrected chi connectivity index (χ0v) is 10.0. The minimum Gasteiger partial charge on any atom is -0.330 e. The Morgan fingerprint density at radius 3 is 2.86 bits per heavy atom. The molecule has 0 radical (unpaired) electrons. The molecule has 1 rings (SSSR count). The molecule has 0 heterocycles. The molecule has 3 heteroatoms. The van der Waals surface area contributed by atoms with Crippen molar-refractivity contribution in [2.24, 2.45) is 5.73 Å². The van der Waals surface area contributed by atoms with Crippen molar-refractivity contribution in [1.29, 1.82) is 0 Å². The third-order valence-corrected chi connectivity index (χ3v) is 2.79. The first-order valence-corrected chi connectivity index (χ1v) is 5.70. The molecule has 1 unspecified atom stereocenters. The second kappa shape index (κ2) is 6.17. The predicted octanol–water partition coefficient (Wildman–Crippen LogP) is 2.45. The molecule has 0 amide bonds. The van der Waals surface area contributed by atoms with E-state index in [1.807, 2.05) is 13.1 Å². The molecule has 0 aliphatic carbocycles. The van der Waals surface area contributed by atoms with E-state index in [0.717, 1.165) is 23.9 Å². The highest BCUT2D eigenvalue weighted by Gasteiger charge is 2.07.